The van der Waals surface area contributed by atoms with Crippen molar-refractivity contribution in [3.05, 3.63) is 0 Å². The average Bonchev–Trinajstić information content (AvgIpc) is 2.24. The van der Waals surface area contributed by atoms with Gasteiger partial charge in [-0.3, -0.25) is 4.79 Å². The Bertz CT molecular complexity index is 245. The Morgan fingerprint density at radius 1 is 1.33 bits per heavy atom. The zero-order valence-electron chi connectivity index (χ0n) is 7.42. The Morgan fingerprint density at radius 2 is 1.80 bits per heavy atom. The summed E-state index contributed by atoms with van der Waals surface area (Å²) in [6.45, 7) is -0.953. The van der Waals surface area contributed by atoms with E-state index in [9.17, 15) is 9.00 Å². The number of rotatable bonds is 6. The van der Waals surface area contributed by atoms with E-state index >= 15 is 0 Å². The van der Waals surface area contributed by atoms with E-state index in [1.165, 1.54) is 0 Å². The molecule has 90 valence electrons. The van der Waals surface area contributed by atoms with Gasteiger partial charge in [0.2, 0.25) is 4.93 Å². The molecule has 0 aromatic carbocycles. The molecule has 8 nitrogen and oxygen atoms in total. The molecule has 15 heavy (non-hydrogen) atoms. The van der Waals surface area contributed by atoms with Crippen molar-refractivity contribution < 1.29 is 39.1 Å². The Kier molecular flexibility index (Phi) is 5.45. The van der Waals surface area contributed by atoms with Gasteiger partial charge in [-0.1, -0.05) is 0 Å². The molecule has 9 heteroatoms. The van der Waals surface area contributed by atoms with Crippen molar-refractivity contribution in [2.75, 3.05) is 6.61 Å². The van der Waals surface area contributed by atoms with Gasteiger partial charge < -0.3 is 30.1 Å². The van der Waals surface area contributed by atoms with Crippen molar-refractivity contribution >= 4 is 17.4 Å². The highest BCUT2D eigenvalue weighted by Crippen LogP contribution is 2.17. The molecule has 0 aliphatic rings. The summed E-state index contributed by atoms with van der Waals surface area (Å²) in [6.07, 6.45) is -6.82. The molecule has 0 aliphatic heterocycles. The van der Waals surface area contributed by atoms with Gasteiger partial charge >= 0.3 is 0 Å². The number of aldehydes is 1. The van der Waals surface area contributed by atoms with E-state index in [0.717, 1.165) is 0 Å². The summed E-state index contributed by atoms with van der Waals surface area (Å²) >= 11 is -3.15. The first-order valence-electron chi connectivity index (χ1n) is 3.76. The molecule has 0 fully saturated rings. The molecule has 0 amide bonds. The Hall–Kier alpha value is -0.420. The molecular formula is C6H12O8S. The molecule has 1 unspecified atom stereocenters. The van der Waals surface area contributed by atoms with Gasteiger partial charge in [-0.05, 0) is 0 Å². The molecule has 5 atom stereocenters. The normalized spacial score (nSPS) is 23.6. The van der Waals surface area contributed by atoms with Crippen LogP contribution in [0.25, 0.3) is 0 Å². The van der Waals surface area contributed by atoms with Crippen LogP contribution in [0.5, 0.6) is 0 Å². The fourth-order valence-corrected chi connectivity index (χ4v) is 1.21. The fourth-order valence-electron chi connectivity index (χ4n) is 0.777. The van der Waals surface area contributed by atoms with Crippen LogP contribution in [0.3, 0.4) is 0 Å². The zero-order chi connectivity index (χ0) is 12.2. The topological polar surface area (TPSA) is 156 Å². The molecule has 6 N–H and O–H groups in total. The van der Waals surface area contributed by atoms with Gasteiger partial charge in [0.1, 0.15) is 18.3 Å². The maximum Gasteiger partial charge on any atom is 0.249 e. The summed E-state index contributed by atoms with van der Waals surface area (Å²) < 4.78 is 19.0. The largest absolute Gasteiger partial charge is 0.394 e. The van der Waals surface area contributed by atoms with Crippen molar-refractivity contribution in [1.82, 2.24) is 0 Å². The lowest BCUT2D eigenvalue weighted by molar-refractivity contribution is -0.145. The summed E-state index contributed by atoms with van der Waals surface area (Å²) in [6, 6.07) is 0. The number of aliphatic hydroxyl groups excluding tert-OH is 4. The van der Waals surface area contributed by atoms with Crippen molar-refractivity contribution in [3.8, 4) is 0 Å². The van der Waals surface area contributed by atoms with E-state index in [4.69, 9.17) is 30.1 Å². The second-order valence-electron chi connectivity index (χ2n) is 2.80. The van der Waals surface area contributed by atoms with Gasteiger partial charge in [-0.2, -0.15) is 0 Å². The highest BCUT2D eigenvalue weighted by molar-refractivity contribution is 7.81. The number of carbonyl (C=O) groups excluding carboxylic acids is 1. The van der Waals surface area contributed by atoms with Crippen LogP contribution < -0.4 is 0 Å². The number of hydrogen-bond acceptors (Lipinski definition) is 7. The lowest BCUT2D eigenvalue weighted by atomic mass is 10.0. The first-order chi connectivity index (χ1) is 6.81. The van der Waals surface area contributed by atoms with E-state index in [2.05, 4.69) is 0 Å². The quantitative estimate of drug-likeness (QED) is 0.205. The first kappa shape index (κ1) is 14.6. The second kappa shape index (κ2) is 5.61. The highest BCUT2D eigenvalue weighted by atomic mass is 32.2. The molecule has 0 aromatic heterocycles. The SMILES string of the molecule is O=C[C@](O)([C@@H](O)[C@H](O)[C@H](O)CO)S(=O)O. The van der Waals surface area contributed by atoms with Gasteiger partial charge in [0.05, 0.1) is 6.61 Å². The molecule has 0 radical (unpaired) electrons. The van der Waals surface area contributed by atoms with Gasteiger partial charge in [0, 0.05) is 0 Å². The summed E-state index contributed by atoms with van der Waals surface area (Å²) in [5.41, 5.74) is 0. The average molecular weight is 244 g/mol. The maximum atomic E-state index is 10.5. The molecule has 0 heterocycles. The van der Waals surface area contributed by atoms with Gasteiger partial charge in [-0.15, -0.1) is 0 Å². The van der Waals surface area contributed by atoms with Crippen LogP contribution in [0.15, 0.2) is 0 Å². The predicted octanol–water partition coefficient (Wildman–Crippen LogP) is -3.83. The minimum atomic E-state index is -3.15. The lowest BCUT2D eigenvalue weighted by Crippen LogP contribution is -2.56. The number of aliphatic hydroxyl groups is 5. The third-order valence-electron chi connectivity index (χ3n) is 1.78. The van der Waals surface area contributed by atoms with Crippen LogP contribution in [0.1, 0.15) is 0 Å². The van der Waals surface area contributed by atoms with Gasteiger partial charge in [0.25, 0.3) is 0 Å². The van der Waals surface area contributed by atoms with E-state index < -0.39 is 47.2 Å². The molecule has 0 saturated carbocycles. The molecule has 0 saturated heterocycles. The number of hydrogen-bond donors (Lipinski definition) is 6. The molecular weight excluding hydrogens is 232 g/mol. The van der Waals surface area contributed by atoms with Crippen molar-refractivity contribution in [2.24, 2.45) is 0 Å². The van der Waals surface area contributed by atoms with E-state index in [1.54, 1.807) is 0 Å². The molecule has 0 aliphatic carbocycles. The summed E-state index contributed by atoms with van der Waals surface area (Å²) in [5, 5.41) is 44.7. The second-order valence-corrected chi connectivity index (χ2v) is 3.96. The summed E-state index contributed by atoms with van der Waals surface area (Å²) in [5.74, 6) is 0. The zero-order valence-corrected chi connectivity index (χ0v) is 8.24. The van der Waals surface area contributed by atoms with Crippen molar-refractivity contribution in [1.29, 1.82) is 0 Å². The van der Waals surface area contributed by atoms with Crippen LogP contribution in [-0.2, 0) is 15.9 Å². The molecule has 0 aromatic rings. The standard InChI is InChI=1S/C6H12O8S/c7-1-3(9)4(10)5(11)6(12,2-8)15(13)14/h2-5,7,9-12H,1H2,(H,13,14)/t3-,4-,5+,6-/m1/s1. The summed E-state index contributed by atoms with van der Waals surface area (Å²) in [7, 11) is 0. The third kappa shape index (κ3) is 3.01. The van der Waals surface area contributed by atoms with E-state index in [1.807, 2.05) is 0 Å². The highest BCUT2D eigenvalue weighted by Gasteiger charge is 2.47. The summed E-state index contributed by atoms with van der Waals surface area (Å²) in [4.78, 5) is 7.19. The van der Waals surface area contributed by atoms with Gasteiger partial charge in [-0.25, -0.2) is 4.21 Å². The van der Waals surface area contributed by atoms with Crippen molar-refractivity contribution in [2.45, 2.75) is 23.2 Å². The molecule has 0 bridgehead atoms. The van der Waals surface area contributed by atoms with Crippen LogP contribution in [-0.4, -0.2) is 70.4 Å². The third-order valence-corrected chi connectivity index (χ3v) is 2.67. The Labute approximate surface area is 87.1 Å². The lowest BCUT2D eigenvalue weighted by Gasteiger charge is -2.29. The van der Waals surface area contributed by atoms with E-state index in [0.29, 0.717) is 0 Å². The van der Waals surface area contributed by atoms with E-state index in [-0.39, 0.29) is 0 Å². The van der Waals surface area contributed by atoms with Crippen molar-refractivity contribution in [3.63, 3.8) is 0 Å². The van der Waals surface area contributed by atoms with Crippen LogP contribution in [0.4, 0.5) is 0 Å². The minimum Gasteiger partial charge on any atom is -0.394 e. The van der Waals surface area contributed by atoms with Crippen LogP contribution in [0, 0.1) is 0 Å². The number of carbonyl (C=O) groups is 1. The molecule has 0 rings (SSSR count). The minimum absolute atomic E-state index is 0.429. The maximum absolute atomic E-state index is 10.5. The van der Waals surface area contributed by atoms with Gasteiger partial charge in [0.15, 0.2) is 17.4 Å². The van der Waals surface area contributed by atoms with Crippen LogP contribution in [0.2, 0.25) is 0 Å². The smallest absolute Gasteiger partial charge is 0.249 e. The molecule has 0 spiro atoms. The Balaban J connectivity index is 4.87. The Morgan fingerprint density at radius 3 is 2.07 bits per heavy atom. The monoisotopic (exact) mass is 244 g/mol. The predicted molar refractivity (Wildman–Crippen MR) is 46.9 cm³/mol. The fraction of sp³-hybridized carbons (Fsp3) is 0.833. The first-order valence-corrected chi connectivity index (χ1v) is 4.86. The van der Waals surface area contributed by atoms with Crippen LogP contribution >= 0.6 is 0 Å².